The predicted molar refractivity (Wildman–Crippen MR) is 113 cm³/mol. The van der Waals surface area contributed by atoms with Crippen LogP contribution >= 0.6 is 0 Å². The van der Waals surface area contributed by atoms with E-state index < -0.39 is 6.09 Å². The molecule has 5 rings (SSSR count). The number of pyridine rings is 1. The molecule has 1 saturated heterocycles. The van der Waals surface area contributed by atoms with Gasteiger partial charge in [-0.25, -0.2) is 9.78 Å². The molecule has 3 aromatic rings. The molecule has 1 unspecified atom stereocenters. The molecule has 162 valence electrons. The lowest BCUT2D eigenvalue weighted by Crippen LogP contribution is -2.32. The third-order valence-electron chi connectivity index (χ3n) is 6.51. The second-order valence-corrected chi connectivity index (χ2v) is 8.37. The topological polar surface area (TPSA) is 124 Å². The second kappa shape index (κ2) is 7.00. The summed E-state index contributed by atoms with van der Waals surface area (Å²) in [5, 5.41) is 18.3. The van der Waals surface area contributed by atoms with E-state index in [1.165, 1.54) is 4.90 Å². The molecule has 0 bridgehead atoms. The molecule has 1 spiro atoms. The fourth-order valence-corrected chi connectivity index (χ4v) is 4.78. The lowest BCUT2D eigenvalue weighted by molar-refractivity contribution is 0.153. The molecule has 1 amide bonds. The second-order valence-electron chi connectivity index (χ2n) is 8.37. The predicted octanol–water partition coefficient (Wildman–Crippen LogP) is 2.43. The first-order valence-electron chi connectivity index (χ1n) is 10.3. The number of carbonyl (C=O) groups is 1. The third kappa shape index (κ3) is 3.18. The van der Waals surface area contributed by atoms with E-state index in [1.54, 1.807) is 17.1 Å². The molecular weight excluding hydrogens is 398 g/mol. The quantitative estimate of drug-likeness (QED) is 0.660. The highest BCUT2D eigenvalue weighted by atomic mass is 16.5. The zero-order valence-electron chi connectivity index (χ0n) is 17.5. The Morgan fingerprint density at radius 1 is 1.32 bits per heavy atom. The Balaban J connectivity index is 1.42. The Bertz CT molecular complexity index is 1150. The number of hydrogen-bond donors (Lipinski definition) is 2. The van der Waals surface area contributed by atoms with Crippen LogP contribution in [0.3, 0.4) is 0 Å². The highest BCUT2D eigenvalue weighted by Gasteiger charge is 2.47. The van der Waals surface area contributed by atoms with Gasteiger partial charge >= 0.3 is 6.09 Å². The average Bonchev–Trinajstić information content (AvgIpc) is 3.50. The highest BCUT2D eigenvalue weighted by Crippen LogP contribution is 2.44. The van der Waals surface area contributed by atoms with Crippen molar-refractivity contribution in [3.63, 3.8) is 0 Å². The van der Waals surface area contributed by atoms with Crippen LogP contribution in [0.15, 0.2) is 30.6 Å². The molecule has 0 saturated carbocycles. The fourth-order valence-electron chi connectivity index (χ4n) is 4.78. The van der Waals surface area contributed by atoms with Gasteiger partial charge in [-0.05, 0) is 38.0 Å². The number of hydrogen-bond acceptors (Lipinski definition) is 6. The lowest BCUT2D eigenvalue weighted by Gasteiger charge is -2.22. The summed E-state index contributed by atoms with van der Waals surface area (Å²) < 4.78 is 9.85. The van der Waals surface area contributed by atoms with Gasteiger partial charge in [0, 0.05) is 55.7 Å². The number of fused-ring (bicyclic) bond motifs is 2. The van der Waals surface area contributed by atoms with Crippen LogP contribution in [0.4, 0.5) is 10.6 Å². The van der Waals surface area contributed by atoms with Crippen molar-refractivity contribution in [2.45, 2.75) is 37.8 Å². The van der Waals surface area contributed by atoms with E-state index in [-0.39, 0.29) is 11.5 Å². The number of anilines is 1. The molecule has 1 fully saturated rings. The minimum atomic E-state index is -0.859. The summed E-state index contributed by atoms with van der Waals surface area (Å²) in [7, 11) is 1.87. The largest absolute Gasteiger partial charge is 0.481 e. The summed E-state index contributed by atoms with van der Waals surface area (Å²) >= 11 is 0. The van der Waals surface area contributed by atoms with Gasteiger partial charge in [0.25, 0.3) is 0 Å². The SMILES string of the molecule is CC(Oc1cc(-c2cc3n(n2)CC[C@@]32CCN(C(=O)O)C2)cnc1N)c1ccnn1C. The van der Waals surface area contributed by atoms with Crippen LogP contribution in [0.25, 0.3) is 11.3 Å². The minimum Gasteiger partial charge on any atom is -0.481 e. The number of nitrogens with two attached hydrogens (primary N) is 1. The molecule has 0 aliphatic carbocycles. The van der Waals surface area contributed by atoms with Crippen LogP contribution in [0, 0.1) is 0 Å². The Morgan fingerprint density at radius 2 is 2.13 bits per heavy atom. The first-order valence-corrected chi connectivity index (χ1v) is 10.3. The molecule has 31 heavy (non-hydrogen) atoms. The van der Waals surface area contributed by atoms with Gasteiger partial charge in [0.15, 0.2) is 11.6 Å². The average molecular weight is 423 g/mol. The third-order valence-corrected chi connectivity index (χ3v) is 6.51. The van der Waals surface area contributed by atoms with Crippen LogP contribution in [0.2, 0.25) is 0 Å². The van der Waals surface area contributed by atoms with Crippen molar-refractivity contribution in [1.29, 1.82) is 0 Å². The molecule has 0 aromatic carbocycles. The van der Waals surface area contributed by atoms with Crippen molar-refractivity contribution < 1.29 is 14.6 Å². The first-order chi connectivity index (χ1) is 14.9. The summed E-state index contributed by atoms with van der Waals surface area (Å²) in [4.78, 5) is 17.2. The molecule has 3 N–H and O–H groups in total. The van der Waals surface area contributed by atoms with Gasteiger partial charge in [-0.15, -0.1) is 0 Å². The number of ether oxygens (including phenoxy) is 1. The molecule has 10 nitrogen and oxygen atoms in total. The Morgan fingerprint density at radius 3 is 2.84 bits per heavy atom. The van der Waals surface area contributed by atoms with E-state index in [1.807, 2.05) is 30.8 Å². The lowest BCUT2D eigenvalue weighted by atomic mass is 9.82. The van der Waals surface area contributed by atoms with Crippen LogP contribution < -0.4 is 10.5 Å². The van der Waals surface area contributed by atoms with Crippen LogP contribution in [-0.2, 0) is 19.0 Å². The molecule has 2 aliphatic rings. The van der Waals surface area contributed by atoms with Crippen LogP contribution in [0.5, 0.6) is 5.75 Å². The number of rotatable bonds is 4. The van der Waals surface area contributed by atoms with E-state index in [4.69, 9.17) is 15.6 Å². The smallest absolute Gasteiger partial charge is 0.407 e. The summed E-state index contributed by atoms with van der Waals surface area (Å²) in [6.45, 7) is 3.80. The van der Waals surface area contributed by atoms with Crippen molar-refractivity contribution >= 4 is 11.9 Å². The van der Waals surface area contributed by atoms with Gasteiger partial charge in [-0.1, -0.05) is 0 Å². The van der Waals surface area contributed by atoms with Crippen molar-refractivity contribution in [1.82, 2.24) is 29.4 Å². The Kier molecular flexibility index (Phi) is 4.38. The van der Waals surface area contributed by atoms with Crippen LogP contribution in [0.1, 0.15) is 37.3 Å². The number of aryl methyl sites for hydroxylation is 2. The van der Waals surface area contributed by atoms with Crippen molar-refractivity contribution in [3.05, 3.63) is 42.0 Å². The van der Waals surface area contributed by atoms with Gasteiger partial charge in [-0.2, -0.15) is 10.2 Å². The zero-order chi connectivity index (χ0) is 21.8. The van der Waals surface area contributed by atoms with E-state index in [9.17, 15) is 9.90 Å². The maximum Gasteiger partial charge on any atom is 0.407 e. The Hall–Kier alpha value is -3.56. The Labute approximate surface area is 179 Å². The van der Waals surface area contributed by atoms with Crippen LogP contribution in [-0.4, -0.2) is 53.7 Å². The summed E-state index contributed by atoms with van der Waals surface area (Å²) in [6, 6.07) is 5.82. The monoisotopic (exact) mass is 423 g/mol. The van der Waals surface area contributed by atoms with Crippen molar-refractivity contribution in [3.8, 4) is 17.0 Å². The van der Waals surface area contributed by atoms with Crippen molar-refractivity contribution in [2.75, 3.05) is 18.8 Å². The summed E-state index contributed by atoms with van der Waals surface area (Å²) in [6.07, 6.45) is 4.05. The maximum atomic E-state index is 11.4. The summed E-state index contributed by atoms with van der Waals surface area (Å²) in [5.74, 6) is 0.806. The van der Waals surface area contributed by atoms with Gasteiger partial charge < -0.3 is 20.5 Å². The van der Waals surface area contributed by atoms with Gasteiger partial charge in [0.05, 0.1) is 11.4 Å². The zero-order valence-corrected chi connectivity index (χ0v) is 17.5. The number of nitrogen functional groups attached to an aromatic ring is 1. The van der Waals surface area contributed by atoms with Gasteiger partial charge in [-0.3, -0.25) is 9.36 Å². The number of carboxylic acid groups (broad SMARTS) is 1. The molecule has 2 atom stereocenters. The first kappa shape index (κ1) is 19.4. The molecule has 0 radical (unpaired) electrons. The number of amides is 1. The molecule has 5 heterocycles. The van der Waals surface area contributed by atoms with E-state index in [0.717, 1.165) is 42.0 Å². The van der Waals surface area contributed by atoms with E-state index in [0.29, 0.717) is 24.7 Å². The van der Waals surface area contributed by atoms with E-state index in [2.05, 4.69) is 16.1 Å². The number of likely N-dealkylation sites (tertiary alicyclic amines) is 1. The highest BCUT2D eigenvalue weighted by molar-refractivity contribution is 5.67. The molecule has 3 aromatic heterocycles. The molecule has 10 heteroatoms. The standard InChI is InChI=1S/C21H25N7O3/c1-13(16-3-6-24-26(16)2)31-17-9-14(11-23-19(17)22)15-10-18-21(5-8-28(18)25-15)4-7-27(12-21)20(29)30/h3,6,9-11,13H,4-5,7-8,12H2,1-2H3,(H2,22,23)(H,29,30)/t13?,21-/m1/s1. The van der Waals surface area contributed by atoms with E-state index >= 15 is 0 Å². The molecule has 2 aliphatic heterocycles. The normalized spacial score (nSPS) is 20.9. The minimum absolute atomic E-state index is 0.155. The van der Waals surface area contributed by atoms with Crippen molar-refractivity contribution in [2.24, 2.45) is 7.05 Å². The van der Waals surface area contributed by atoms with Gasteiger partial charge in [0.2, 0.25) is 0 Å². The summed E-state index contributed by atoms with van der Waals surface area (Å²) in [5.41, 5.74) is 9.53. The fraction of sp³-hybridized carbons (Fsp3) is 0.429. The number of nitrogens with zero attached hydrogens (tertiary/aromatic N) is 6. The maximum absolute atomic E-state index is 11.4. The van der Waals surface area contributed by atoms with Gasteiger partial charge in [0.1, 0.15) is 6.10 Å². The number of aromatic nitrogens is 5. The molecular formula is C21H25N7O3.